The van der Waals surface area contributed by atoms with Gasteiger partial charge in [0.05, 0.1) is 6.20 Å². The van der Waals surface area contributed by atoms with E-state index < -0.39 is 0 Å². The summed E-state index contributed by atoms with van der Waals surface area (Å²) in [6, 6.07) is 0. The SMILES string of the molecule is NC(=O)[C@@H]1CCCc2cn[nH]c2C1. The second-order valence-corrected chi connectivity index (χ2v) is 3.57. The van der Waals surface area contributed by atoms with Crippen molar-refractivity contribution in [2.45, 2.75) is 25.7 Å². The fourth-order valence-electron chi connectivity index (χ4n) is 1.86. The molecule has 70 valence electrons. The fraction of sp³-hybridized carbons (Fsp3) is 0.556. The van der Waals surface area contributed by atoms with E-state index in [1.807, 2.05) is 6.20 Å². The molecule has 0 unspecified atom stereocenters. The zero-order chi connectivity index (χ0) is 9.26. The third-order valence-electron chi connectivity index (χ3n) is 2.66. The van der Waals surface area contributed by atoms with Gasteiger partial charge in [0.1, 0.15) is 0 Å². The van der Waals surface area contributed by atoms with Gasteiger partial charge >= 0.3 is 0 Å². The zero-order valence-corrected chi connectivity index (χ0v) is 7.42. The fourth-order valence-corrected chi connectivity index (χ4v) is 1.86. The molecule has 1 amide bonds. The van der Waals surface area contributed by atoms with Crippen molar-refractivity contribution in [3.63, 3.8) is 0 Å². The van der Waals surface area contributed by atoms with E-state index in [4.69, 9.17) is 5.73 Å². The molecule has 2 rings (SSSR count). The molecule has 0 spiro atoms. The molecule has 0 saturated heterocycles. The maximum atomic E-state index is 11.0. The van der Waals surface area contributed by atoms with Crippen LogP contribution in [0.4, 0.5) is 0 Å². The van der Waals surface area contributed by atoms with Gasteiger partial charge in [-0.2, -0.15) is 5.10 Å². The number of primary amides is 1. The summed E-state index contributed by atoms with van der Waals surface area (Å²) in [7, 11) is 0. The van der Waals surface area contributed by atoms with Gasteiger partial charge in [-0.05, 0) is 24.8 Å². The molecule has 4 heteroatoms. The molecular weight excluding hydrogens is 166 g/mol. The van der Waals surface area contributed by atoms with Crippen LogP contribution in [0.1, 0.15) is 24.1 Å². The molecule has 0 aliphatic heterocycles. The summed E-state index contributed by atoms with van der Waals surface area (Å²) in [5.41, 5.74) is 7.61. The molecule has 0 fully saturated rings. The molecule has 1 aromatic heterocycles. The minimum absolute atomic E-state index is 0.0123. The highest BCUT2D eigenvalue weighted by Crippen LogP contribution is 2.22. The second kappa shape index (κ2) is 3.20. The van der Waals surface area contributed by atoms with Crippen LogP contribution in [0.2, 0.25) is 0 Å². The maximum absolute atomic E-state index is 11.0. The summed E-state index contributed by atoms with van der Waals surface area (Å²) in [4.78, 5) is 11.0. The lowest BCUT2D eigenvalue weighted by Gasteiger charge is -2.07. The Morgan fingerprint density at radius 1 is 1.69 bits per heavy atom. The Kier molecular flexibility index (Phi) is 2.04. The van der Waals surface area contributed by atoms with E-state index in [1.54, 1.807) is 0 Å². The molecule has 1 aromatic rings. The smallest absolute Gasteiger partial charge is 0.220 e. The Morgan fingerprint density at radius 2 is 2.54 bits per heavy atom. The van der Waals surface area contributed by atoms with E-state index in [0.717, 1.165) is 31.4 Å². The monoisotopic (exact) mass is 179 g/mol. The highest BCUT2D eigenvalue weighted by Gasteiger charge is 2.21. The molecule has 4 nitrogen and oxygen atoms in total. The van der Waals surface area contributed by atoms with E-state index in [9.17, 15) is 4.79 Å². The van der Waals surface area contributed by atoms with E-state index in [1.165, 1.54) is 5.56 Å². The lowest BCUT2D eigenvalue weighted by atomic mass is 10.00. The van der Waals surface area contributed by atoms with Crippen molar-refractivity contribution in [3.05, 3.63) is 17.5 Å². The first kappa shape index (κ1) is 8.29. The molecule has 13 heavy (non-hydrogen) atoms. The average Bonchev–Trinajstić information content (AvgIpc) is 2.42. The predicted molar refractivity (Wildman–Crippen MR) is 47.9 cm³/mol. The van der Waals surface area contributed by atoms with Crippen molar-refractivity contribution in [1.29, 1.82) is 0 Å². The number of aromatic nitrogens is 2. The van der Waals surface area contributed by atoms with Crippen molar-refractivity contribution in [3.8, 4) is 0 Å². The molecule has 1 aliphatic rings. The Bertz CT molecular complexity index is 318. The van der Waals surface area contributed by atoms with Gasteiger partial charge in [0, 0.05) is 18.0 Å². The highest BCUT2D eigenvalue weighted by molar-refractivity contribution is 5.77. The number of aromatic amines is 1. The Balaban J connectivity index is 2.21. The summed E-state index contributed by atoms with van der Waals surface area (Å²) in [6.07, 6.45) is 5.51. The Labute approximate surface area is 76.5 Å². The number of rotatable bonds is 1. The van der Waals surface area contributed by atoms with Gasteiger partial charge in [-0.15, -0.1) is 0 Å². The normalized spacial score (nSPS) is 22.0. The quantitative estimate of drug-likeness (QED) is 0.612. The van der Waals surface area contributed by atoms with Crippen molar-refractivity contribution in [2.75, 3.05) is 0 Å². The third kappa shape index (κ3) is 1.56. The number of carbonyl (C=O) groups excluding carboxylic acids is 1. The van der Waals surface area contributed by atoms with Crippen molar-refractivity contribution < 1.29 is 4.79 Å². The van der Waals surface area contributed by atoms with Gasteiger partial charge in [-0.25, -0.2) is 0 Å². The molecule has 0 radical (unpaired) electrons. The first-order valence-electron chi connectivity index (χ1n) is 4.58. The van der Waals surface area contributed by atoms with Gasteiger partial charge in [0.2, 0.25) is 5.91 Å². The van der Waals surface area contributed by atoms with Gasteiger partial charge in [0.25, 0.3) is 0 Å². The average molecular weight is 179 g/mol. The van der Waals surface area contributed by atoms with Crippen LogP contribution < -0.4 is 5.73 Å². The van der Waals surface area contributed by atoms with Gasteiger partial charge in [0.15, 0.2) is 0 Å². The van der Waals surface area contributed by atoms with Gasteiger partial charge < -0.3 is 5.73 Å². The van der Waals surface area contributed by atoms with E-state index in [2.05, 4.69) is 10.2 Å². The third-order valence-corrected chi connectivity index (χ3v) is 2.66. The number of carbonyl (C=O) groups is 1. The number of hydrogen-bond acceptors (Lipinski definition) is 2. The van der Waals surface area contributed by atoms with Gasteiger partial charge in [-0.3, -0.25) is 9.89 Å². The molecule has 0 aromatic carbocycles. The summed E-state index contributed by atoms with van der Waals surface area (Å²) in [6.45, 7) is 0. The minimum atomic E-state index is -0.192. The number of nitrogens with zero attached hydrogens (tertiary/aromatic N) is 1. The number of fused-ring (bicyclic) bond motifs is 1. The predicted octanol–water partition coefficient (Wildman–Crippen LogP) is 0.390. The summed E-state index contributed by atoms with van der Waals surface area (Å²) >= 11 is 0. The lowest BCUT2D eigenvalue weighted by Crippen LogP contribution is -2.24. The summed E-state index contributed by atoms with van der Waals surface area (Å²) < 4.78 is 0. The molecule has 1 heterocycles. The lowest BCUT2D eigenvalue weighted by molar-refractivity contribution is -0.121. The van der Waals surface area contributed by atoms with Crippen LogP contribution in [0.25, 0.3) is 0 Å². The molecular formula is C9H13N3O. The molecule has 0 saturated carbocycles. The number of nitrogens with one attached hydrogen (secondary N) is 1. The number of nitrogens with two attached hydrogens (primary N) is 1. The zero-order valence-electron chi connectivity index (χ0n) is 7.42. The Hall–Kier alpha value is -1.32. The first-order valence-corrected chi connectivity index (χ1v) is 4.58. The standard InChI is InChI=1S/C9H13N3O/c10-9(13)6-2-1-3-7-5-11-12-8(7)4-6/h5-6H,1-4H2,(H2,10,13)(H,11,12)/t6-/m1/s1. The van der Waals surface area contributed by atoms with E-state index in [0.29, 0.717) is 0 Å². The van der Waals surface area contributed by atoms with Crippen molar-refractivity contribution >= 4 is 5.91 Å². The summed E-state index contributed by atoms with van der Waals surface area (Å²) in [5, 5.41) is 6.89. The van der Waals surface area contributed by atoms with Crippen molar-refractivity contribution in [2.24, 2.45) is 11.7 Å². The second-order valence-electron chi connectivity index (χ2n) is 3.57. The molecule has 0 bridgehead atoms. The largest absolute Gasteiger partial charge is 0.369 e. The first-order chi connectivity index (χ1) is 6.27. The van der Waals surface area contributed by atoms with Crippen molar-refractivity contribution in [1.82, 2.24) is 10.2 Å². The van der Waals surface area contributed by atoms with Crippen LogP contribution in [0, 0.1) is 5.92 Å². The maximum Gasteiger partial charge on any atom is 0.220 e. The topological polar surface area (TPSA) is 71.8 Å². The van der Waals surface area contributed by atoms with Gasteiger partial charge in [-0.1, -0.05) is 0 Å². The summed E-state index contributed by atoms with van der Waals surface area (Å²) in [5.74, 6) is -0.204. The number of aryl methyl sites for hydroxylation is 1. The van der Waals surface area contributed by atoms with Crippen LogP contribution in [0.15, 0.2) is 6.20 Å². The molecule has 1 aliphatic carbocycles. The van der Waals surface area contributed by atoms with Crippen LogP contribution in [-0.4, -0.2) is 16.1 Å². The van der Waals surface area contributed by atoms with Crippen LogP contribution >= 0.6 is 0 Å². The Morgan fingerprint density at radius 3 is 3.31 bits per heavy atom. The van der Waals surface area contributed by atoms with Crippen LogP contribution in [0.3, 0.4) is 0 Å². The molecule has 3 N–H and O–H groups in total. The van der Waals surface area contributed by atoms with E-state index >= 15 is 0 Å². The number of amides is 1. The van der Waals surface area contributed by atoms with E-state index in [-0.39, 0.29) is 11.8 Å². The molecule has 1 atom stereocenters. The minimum Gasteiger partial charge on any atom is -0.369 e. The number of H-pyrrole nitrogens is 1. The van der Waals surface area contributed by atoms with Crippen LogP contribution in [0.5, 0.6) is 0 Å². The highest BCUT2D eigenvalue weighted by atomic mass is 16.1. The number of hydrogen-bond donors (Lipinski definition) is 2. The van der Waals surface area contributed by atoms with Crippen LogP contribution in [-0.2, 0) is 17.6 Å².